The van der Waals surface area contributed by atoms with Crippen LogP contribution in [0.15, 0.2) is 60.7 Å². The lowest BCUT2D eigenvalue weighted by molar-refractivity contribution is 0.0697. The van der Waals surface area contributed by atoms with Gasteiger partial charge in [0.2, 0.25) is 0 Å². The highest BCUT2D eigenvalue weighted by molar-refractivity contribution is 5.95. The number of allylic oxidation sites excluding steroid dienone is 2. The van der Waals surface area contributed by atoms with Gasteiger partial charge in [0.05, 0.1) is 12.1 Å². The summed E-state index contributed by atoms with van der Waals surface area (Å²) in [6.45, 7) is 7.07. The van der Waals surface area contributed by atoms with Gasteiger partial charge in [0, 0.05) is 12.8 Å². The highest BCUT2D eigenvalue weighted by atomic mass is 16.4. The average Bonchev–Trinajstić information content (AvgIpc) is 3.12. The SMILES string of the molecule is CC=CCc1nc(CCC(C)C)nn1Cc1ccc(-c2ccccc2C(=O)O)cc1. The number of hydrogen-bond donors (Lipinski definition) is 1. The molecule has 0 bridgehead atoms. The highest BCUT2D eigenvalue weighted by Crippen LogP contribution is 2.24. The Morgan fingerprint density at radius 1 is 1.13 bits per heavy atom. The molecule has 0 aliphatic rings. The first-order chi connectivity index (χ1) is 14.5. The molecule has 2 aromatic carbocycles. The van der Waals surface area contributed by atoms with Crippen LogP contribution < -0.4 is 0 Å². The number of rotatable bonds is 9. The van der Waals surface area contributed by atoms with E-state index in [1.165, 1.54) is 0 Å². The normalized spacial score (nSPS) is 11.5. The first-order valence-corrected chi connectivity index (χ1v) is 10.4. The van der Waals surface area contributed by atoms with Crippen molar-refractivity contribution >= 4 is 5.97 Å². The van der Waals surface area contributed by atoms with Crippen molar-refractivity contribution in [2.24, 2.45) is 5.92 Å². The Labute approximate surface area is 178 Å². The van der Waals surface area contributed by atoms with Crippen LogP contribution in [-0.2, 0) is 19.4 Å². The number of hydrogen-bond acceptors (Lipinski definition) is 3. The third kappa shape index (κ3) is 5.44. The Hall–Kier alpha value is -3.21. The van der Waals surface area contributed by atoms with Crippen molar-refractivity contribution in [1.82, 2.24) is 14.8 Å². The van der Waals surface area contributed by atoms with Crippen molar-refractivity contribution in [3.63, 3.8) is 0 Å². The molecule has 0 atom stereocenters. The summed E-state index contributed by atoms with van der Waals surface area (Å²) in [5, 5.41) is 14.2. The van der Waals surface area contributed by atoms with Gasteiger partial charge in [-0.25, -0.2) is 14.5 Å². The Balaban J connectivity index is 1.82. The predicted octanol–water partition coefficient (Wildman–Crippen LogP) is 5.40. The minimum Gasteiger partial charge on any atom is -0.478 e. The van der Waals surface area contributed by atoms with Crippen molar-refractivity contribution in [3.8, 4) is 11.1 Å². The fourth-order valence-corrected chi connectivity index (χ4v) is 3.33. The summed E-state index contributed by atoms with van der Waals surface area (Å²) in [5.74, 6) is 1.57. The smallest absolute Gasteiger partial charge is 0.336 e. The summed E-state index contributed by atoms with van der Waals surface area (Å²) in [6.07, 6.45) is 6.85. The number of nitrogens with zero attached hydrogens (tertiary/aromatic N) is 3. The van der Waals surface area contributed by atoms with E-state index in [9.17, 15) is 9.90 Å². The molecule has 0 aliphatic carbocycles. The number of carboxylic acid groups (broad SMARTS) is 1. The van der Waals surface area contributed by atoms with Crippen LogP contribution in [0.3, 0.4) is 0 Å². The zero-order valence-corrected chi connectivity index (χ0v) is 17.9. The van der Waals surface area contributed by atoms with Gasteiger partial charge in [0.15, 0.2) is 5.82 Å². The maximum absolute atomic E-state index is 11.5. The van der Waals surface area contributed by atoms with Gasteiger partial charge >= 0.3 is 5.97 Å². The van der Waals surface area contributed by atoms with E-state index in [1.54, 1.807) is 12.1 Å². The largest absolute Gasteiger partial charge is 0.478 e. The molecule has 1 N–H and O–H groups in total. The lowest BCUT2D eigenvalue weighted by Crippen LogP contribution is -2.07. The van der Waals surface area contributed by atoms with Crippen LogP contribution in [-0.4, -0.2) is 25.8 Å². The van der Waals surface area contributed by atoms with Gasteiger partial charge in [-0.1, -0.05) is 68.5 Å². The van der Waals surface area contributed by atoms with Crippen molar-refractivity contribution in [2.45, 2.75) is 46.6 Å². The maximum atomic E-state index is 11.5. The Kier molecular flexibility index (Phi) is 7.17. The molecule has 3 rings (SSSR count). The van der Waals surface area contributed by atoms with Gasteiger partial charge in [0.1, 0.15) is 5.82 Å². The molecule has 0 radical (unpaired) electrons. The minimum atomic E-state index is -0.917. The summed E-state index contributed by atoms with van der Waals surface area (Å²) in [7, 11) is 0. The van der Waals surface area contributed by atoms with E-state index in [0.717, 1.165) is 47.6 Å². The fourth-order valence-electron chi connectivity index (χ4n) is 3.33. The molecule has 0 saturated heterocycles. The van der Waals surface area contributed by atoms with Crippen molar-refractivity contribution in [2.75, 3.05) is 0 Å². The maximum Gasteiger partial charge on any atom is 0.336 e. The van der Waals surface area contributed by atoms with Gasteiger partial charge in [0.25, 0.3) is 0 Å². The van der Waals surface area contributed by atoms with Gasteiger partial charge < -0.3 is 5.11 Å². The van der Waals surface area contributed by atoms with Gasteiger partial charge in [-0.15, -0.1) is 0 Å². The topological polar surface area (TPSA) is 68.0 Å². The van der Waals surface area contributed by atoms with E-state index in [-0.39, 0.29) is 0 Å². The molecule has 0 fully saturated rings. The standard InChI is InChI=1S/C25H29N3O2/c1-4-5-10-24-26-23(16-11-18(2)3)27-28(24)17-19-12-14-20(15-13-19)21-8-6-7-9-22(21)25(29)30/h4-9,12-15,18H,10-11,16-17H2,1-3H3,(H,29,30). The second-order valence-electron chi connectivity index (χ2n) is 7.86. The Morgan fingerprint density at radius 3 is 2.53 bits per heavy atom. The molecule has 0 saturated carbocycles. The van der Waals surface area contributed by atoms with E-state index in [4.69, 9.17) is 10.1 Å². The molecule has 156 valence electrons. The third-order valence-corrected chi connectivity index (χ3v) is 5.03. The molecule has 1 aromatic heterocycles. The summed E-state index contributed by atoms with van der Waals surface area (Å²) in [6, 6.07) is 15.1. The molecule has 0 aliphatic heterocycles. The molecule has 0 spiro atoms. The average molecular weight is 404 g/mol. The Morgan fingerprint density at radius 2 is 1.87 bits per heavy atom. The number of aryl methyl sites for hydroxylation is 1. The molecular weight excluding hydrogens is 374 g/mol. The fraction of sp³-hybridized carbons (Fsp3) is 0.320. The van der Waals surface area contributed by atoms with Crippen molar-refractivity contribution < 1.29 is 9.90 Å². The van der Waals surface area contributed by atoms with E-state index >= 15 is 0 Å². The summed E-state index contributed by atoms with van der Waals surface area (Å²) in [5.41, 5.74) is 3.03. The molecule has 1 heterocycles. The predicted molar refractivity (Wildman–Crippen MR) is 120 cm³/mol. The van der Waals surface area contributed by atoms with Gasteiger partial charge in [-0.2, -0.15) is 5.10 Å². The van der Waals surface area contributed by atoms with Gasteiger partial charge in [-0.3, -0.25) is 0 Å². The monoisotopic (exact) mass is 403 g/mol. The zero-order valence-electron chi connectivity index (χ0n) is 17.9. The van der Waals surface area contributed by atoms with Crippen molar-refractivity contribution in [1.29, 1.82) is 0 Å². The van der Waals surface area contributed by atoms with Crippen LogP contribution in [0.25, 0.3) is 11.1 Å². The third-order valence-electron chi connectivity index (χ3n) is 5.03. The molecular formula is C25H29N3O2. The first kappa shape index (κ1) is 21.5. The van der Waals surface area contributed by atoms with E-state index in [2.05, 4.69) is 19.9 Å². The summed E-state index contributed by atoms with van der Waals surface area (Å²) < 4.78 is 1.98. The quantitative estimate of drug-likeness (QED) is 0.486. The second-order valence-corrected chi connectivity index (χ2v) is 7.86. The van der Waals surface area contributed by atoms with Crippen LogP contribution in [0.1, 0.15) is 54.8 Å². The molecule has 5 heteroatoms. The van der Waals surface area contributed by atoms with E-state index in [1.807, 2.05) is 54.1 Å². The van der Waals surface area contributed by atoms with Crippen molar-refractivity contribution in [3.05, 3.63) is 83.5 Å². The molecule has 3 aromatic rings. The number of aromatic nitrogens is 3. The van der Waals surface area contributed by atoms with E-state index in [0.29, 0.717) is 18.0 Å². The van der Waals surface area contributed by atoms with Crippen LogP contribution >= 0.6 is 0 Å². The van der Waals surface area contributed by atoms with Crippen LogP contribution in [0.5, 0.6) is 0 Å². The molecule has 0 amide bonds. The van der Waals surface area contributed by atoms with Crippen LogP contribution in [0, 0.1) is 5.92 Å². The number of aromatic carboxylic acids is 1. The molecule has 5 nitrogen and oxygen atoms in total. The Bertz CT molecular complexity index is 1020. The first-order valence-electron chi connectivity index (χ1n) is 10.4. The lowest BCUT2D eigenvalue weighted by Gasteiger charge is -2.09. The lowest BCUT2D eigenvalue weighted by atomic mass is 9.99. The molecule has 0 unspecified atom stereocenters. The van der Waals surface area contributed by atoms with E-state index < -0.39 is 5.97 Å². The summed E-state index contributed by atoms with van der Waals surface area (Å²) >= 11 is 0. The molecule has 30 heavy (non-hydrogen) atoms. The number of benzene rings is 2. The van der Waals surface area contributed by atoms with Crippen LogP contribution in [0.4, 0.5) is 0 Å². The van der Waals surface area contributed by atoms with Crippen LogP contribution in [0.2, 0.25) is 0 Å². The minimum absolute atomic E-state index is 0.310. The highest BCUT2D eigenvalue weighted by Gasteiger charge is 2.12. The van der Waals surface area contributed by atoms with Gasteiger partial charge in [-0.05, 0) is 42.0 Å². The zero-order chi connectivity index (χ0) is 21.5. The second kappa shape index (κ2) is 10.0. The number of carbonyl (C=O) groups is 1. The number of carboxylic acids is 1. The summed E-state index contributed by atoms with van der Waals surface area (Å²) in [4.78, 5) is 16.2.